The highest BCUT2D eigenvalue weighted by atomic mass is 16.4. The molecule has 0 aliphatic carbocycles. The second-order valence-corrected chi connectivity index (χ2v) is 4.38. The molecule has 0 unspecified atom stereocenters. The zero-order valence-electron chi connectivity index (χ0n) is 10.9. The zero-order valence-corrected chi connectivity index (χ0v) is 10.9. The third-order valence-electron chi connectivity index (χ3n) is 3.22. The minimum atomic E-state index is -0.964. The maximum Gasteiger partial charge on any atom is 0.337 e. The van der Waals surface area contributed by atoms with E-state index in [2.05, 4.69) is 15.2 Å². The summed E-state index contributed by atoms with van der Waals surface area (Å²) in [5, 5.41) is 17.2. The van der Waals surface area contributed by atoms with E-state index in [-0.39, 0.29) is 5.56 Å². The Labute approximate surface area is 114 Å². The maximum absolute atomic E-state index is 11.3. The fourth-order valence-corrected chi connectivity index (χ4v) is 2.24. The largest absolute Gasteiger partial charge is 0.478 e. The van der Waals surface area contributed by atoms with Gasteiger partial charge in [0.25, 0.3) is 0 Å². The minimum absolute atomic E-state index is 0.238. The van der Waals surface area contributed by atoms with E-state index in [4.69, 9.17) is 0 Å². The number of nitrogens with zero attached hydrogens (tertiary/aromatic N) is 5. The van der Waals surface area contributed by atoms with Crippen molar-refractivity contribution in [2.24, 2.45) is 0 Å². The molecule has 0 amide bonds. The first-order chi connectivity index (χ1) is 9.70. The van der Waals surface area contributed by atoms with Gasteiger partial charge in [-0.2, -0.15) is 0 Å². The van der Waals surface area contributed by atoms with E-state index in [9.17, 15) is 9.90 Å². The van der Waals surface area contributed by atoms with Gasteiger partial charge >= 0.3 is 5.97 Å². The van der Waals surface area contributed by atoms with E-state index in [1.807, 2.05) is 11.5 Å². The van der Waals surface area contributed by atoms with Gasteiger partial charge in [-0.25, -0.2) is 9.78 Å². The number of benzene rings is 1. The number of aryl methyl sites for hydroxylation is 1. The lowest BCUT2D eigenvalue weighted by Gasteiger charge is -2.07. The van der Waals surface area contributed by atoms with Gasteiger partial charge < -0.3 is 14.2 Å². The Kier molecular flexibility index (Phi) is 2.94. The lowest BCUT2D eigenvalue weighted by Crippen LogP contribution is -2.08. The molecule has 0 aliphatic heterocycles. The smallest absolute Gasteiger partial charge is 0.337 e. The Morgan fingerprint density at radius 3 is 2.90 bits per heavy atom. The number of imidazole rings is 1. The van der Waals surface area contributed by atoms with Crippen molar-refractivity contribution in [3.63, 3.8) is 0 Å². The first-order valence-corrected chi connectivity index (χ1v) is 6.24. The zero-order chi connectivity index (χ0) is 14.1. The maximum atomic E-state index is 11.3. The van der Waals surface area contributed by atoms with Gasteiger partial charge in [-0.3, -0.25) is 0 Å². The summed E-state index contributed by atoms with van der Waals surface area (Å²) in [6.07, 6.45) is 3.29. The standard InChI is InChI=1S/C13H13N5O2/c1-2-17-8-15-16-11(17)6-18-7-14-10-5-3-4-9(12(10)18)13(19)20/h3-5,7-8H,2,6H2,1H3,(H,19,20). The predicted octanol–water partition coefficient (Wildman–Crippen LogP) is 1.39. The van der Waals surface area contributed by atoms with Crippen molar-refractivity contribution in [1.29, 1.82) is 0 Å². The van der Waals surface area contributed by atoms with Crippen LogP contribution in [0.15, 0.2) is 30.9 Å². The van der Waals surface area contributed by atoms with Crippen LogP contribution in [0.1, 0.15) is 23.1 Å². The van der Waals surface area contributed by atoms with E-state index < -0.39 is 5.97 Å². The minimum Gasteiger partial charge on any atom is -0.478 e. The van der Waals surface area contributed by atoms with Gasteiger partial charge in [0.1, 0.15) is 6.33 Å². The number of carbonyl (C=O) groups is 1. The average Bonchev–Trinajstić information content (AvgIpc) is 3.06. The van der Waals surface area contributed by atoms with Crippen LogP contribution in [-0.2, 0) is 13.1 Å². The first-order valence-electron chi connectivity index (χ1n) is 6.24. The van der Waals surface area contributed by atoms with Crippen LogP contribution in [-0.4, -0.2) is 35.4 Å². The molecule has 102 valence electrons. The van der Waals surface area contributed by atoms with Gasteiger partial charge in [-0.05, 0) is 19.1 Å². The third-order valence-corrected chi connectivity index (χ3v) is 3.22. The molecule has 1 N–H and O–H groups in total. The second kappa shape index (κ2) is 4.76. The number of hydrogen-bond acceptors (Lipinski definition) is 4. The number of aromatic carboxylic acids is 1. The summed E-state index contributed by atoms with van der Waals surface area (Å²) in [7, 11) is 0. The normalized spacial score (nSPS) is 11.1. The highest BCUT2D eigenvalue weighted by molar-refractivity contribution is 6.01. The first kappa shape index (κ1) is 12.3. The van der Waals surface area contributed by atoms with Crippen LogP contribution in [0.2, 0.25) is 0 Å². The van der Waals surface area contributed by atoms with Gasteiger partial charge in [-0.15, -0.1) is 10.2 Å². The topological polar surface area (TPSA) is 85.8 Å². The molecule has 7 heteroatoms. The Bertz CT molecular complexity index is 774. The summed E-state index contributed by atoms with van der Waals surface area (Å²) in [5.74, 6) is -0.193. The van der Waals surface area contributed by atoms with Gasteiger partial charge in [0, 0.05) is 6.54 Å². The lowest BCUT2D eigenvalue weighted by molar-refractivity contribution is 0.0698. The molecule has 7 nitrogen and oxygen atoms in total. The molecule has 0 saturated heterocycles. The molecule has 3 rings (SSSR count). The van der Waals surface area contributed by atoms with Crippen LogP contribution in [0, 0.1) is 0 Å². The molecule has 1 aromatic carbocycles. The third kappa shape index (κ3) is 1.93. The Hall–Kier alpha value is -2.70. The monoisotopic (exact) mass is 271 g/mol. The van der Waals surface area contributed by atoms with E-state index in [0.29, 0.717) is 17.6 Å². The summed E-state index contributed by atoms with van der Waals surface area (Å²) in [6, 6.07) is 5.06. The summed E-state index contributed by atoms with van der Waals surface area (Å²) >= 11 is 0. The van der Waals surface area contributed by atoms with Crippen molar-refractivity contribution in [1.82, 2.24) is 24.3 Å². The van der Waals surface area contributed by atoms with Crippen molar-refractivity contribution in [3.05, 3.63) is 42.2 Å². The second-order valence-electron chi connectivity index (χ2n) is 4.38. The highest BCUT2D eigenvalue weighted by Crippen LogP contribution is 2.19. The number of rotatable bonds is 4. The number of aromatic nitrogens is 5. The Morgan fingerprint density at radius 2 is 2.15 bits per heavy atom. The van der Waals surface area contributed by atoms with Crippen molar-refractivity contribution in [2.75, 3.05) is 0 Å². The van der Waals surface area contributed by atoms with Crippen LogP contribution in [0.25, 0.3) is 11.0 Å². The number of carboxylic acids is 1. The Balaban J connectivity index is 2.10. The van der Waals surface area contributed by atoms with Gasteiger partial charge in [0.15, 0.2) is 5.82 Å². The van der Waals surface area contributed by atoms with Crippen LogP contribution in [0.4, 0.5) is 0 Å². The lowest BCUT2D eigenvalue weighted by atomic mass is 10.2. The molecule has 0 spiro atoms. The molecule has 0 radical (unpaired) electrons. The van der Waals surface area contributed by atoms with E-state index in [0.717, 1.165) is 12.4 Å². The van der Waals surface area contributed by atoms with Crippen LogP contribution >= 0.6 is 0 Å². The van der Waals surface area contributed by atoms with Crippen molar-refractivity contribution >= 4 is 17.0 Å². The number of para-hydroxylation sites is 1. The molecule has 2 aromatic heterocycles. The van der Waals surface area contributed by atoms with Crippen LogP contribution in [0.5, 0.6) is 0 Å². The molecule has 2 heterocycles. The molecular weight excluding hydrogens is 258 g/mol. The number of carboxylic acid groups (broad SMARTS) is 1. The van der Waals surface area contributed by atoms with Crippen LogP contribution < -0.4 is 0 Å². The fourth-order valence-electron chi connectivity index (χ4n) is 2.24. The molecule has 20 heavy (non-hydrogen) atoms. The summed E-state index contributed by atoms with van der Waals surface area (Å²) < 4.78 is 3.70. The Morgan fingerprint density at radius 1 is 1.30 bits per heavy atom. The van der Waals surface area contributed by atoms with E-state index in [1.165, 1.54) is 0 Å². The molecule has 0 saturated carbocycles. The summed E-state index contributed by atoms with van der Waals surface area (Å²) in [5.41, 5.74) is 1.50. The van der Waals surface area contributed by atoms with Crippen LogP contribution in [0.3, 0.4) is 0 Å². The molecular formula is C13H13N5O2. The fraction of sp³-hybridized carbons (Fsp3) is 0.231. The van der Waals surface area contributed by atoms with Gasteiger partial charge in [0.05, 0.1) is 29.5 Å². The molecule has 0 aliphatic rings. The number of hydrogen-bond donors (Lipinski definition) is 1. The average molecular weight is 271 g/mol. The quantitative estimate of drug-likeness (QED) is 0.775. The van der Waals surface area contributed by atoms with Crippen molar-refractivity contribution in [3.8, 4) is 0 Å². The summed E-state index contributed by atoms with van der Waals surface area (Å²) in [4.78, 5) is 15.6. The highest BCUT2D eigenvalue weighted by Gasteiger charge is 2.14. The molecule has 0 bridgehead atoms. The van der Waals surface area contributed by atoms with E-state index in [1.54, 1.807) is 35.4 Å². The van der Waals surface area contributed by atoms with Gasteiger partial charge in [-0.1, -0.05) is 6.07 Å². The van der Waals surface area contributed by atoms with E-state index >= 15 is 0 Å². The SMILES string of the molecule is CCn1cnnc1Cn1cnc2cccc(C(=O)O)c21. The summed E-state index contributed by atoms with van der Waals surface area (Å²) in [6.45, 7) is 3.21. The molecule has 0 atom stereocenters. The van der Waals surface area contributed by atoms with Crippen molar-refractivity contribution < 1.29 is 9.90 Å². The van der Waals surface area contributed by atoms with Gasteiger partial charge in [0.2, 0.25) is 0 Å². The van der Waals surface area contributed by atoms with Crippen molar-refractivity contribution in [2.45, 2.75) is 20.0 Å². The predicted molar refractivity (Wildman–Crippen MR) is 71.5 cm³/mol. The molecule has 3 aromatic rings. The molecule has 0 fully saturated rings. The number of fused-ring (bicyclic) bond motifs is 1.